The molecule has 16 nitrogen and oxygen atoms in total. The Morgan fingerprint density at radius 2 is 1.25 bits per heavy atom. The Morgan fingerprint density at radius 1 is 0.782 bits per heavy atom. The molecule has 0 atom stereocenters. The maximum Gasteiger partial charge on any atom is 0.416 e. The number of rotatable bonds is 8. The molecule has 2 aliphatic rings. The number of carbonyl (C=O) groups is 4. The number of aromatic nitrogens is 6. The summed E-state index contributed by atoms with van der Waals surface area (Å²) in [6.45, 7) is 10.8. The Kier molecular flexibility index (Phi) is 10.5. The predicted octanol–water partition coefficient (Wildman–Crippen LogP) is 6.62. The standard InChI is InChI=1S/C22H24N4O5S.C15H17ClN4O3/c1-22(2,3)31-21(28)25(16-8-9-16)19-11-18(24-20-15(13-27)12-23-26(19)20)14-6-5-7-17(10-14)32(4,29)30;1-15(2,3)23-14(22)19(10-4-5-10)12-6-11(16)18-13-9(8-21)7-17-20(12)13/h5-7,10-13,16H,8-9H2,1-4H3;6-8,10H,4-5H2,1-3H3. The predicted molar refractivity (Wildman–Crippen MR) is 204 cm³/mol. The molecule has 7 rings (SSSR count). The molecule has 55 heavy (non-hydrogen) atoms. The Hall–Kier alpha value is -5.42. The van der Waals surface area contributed by atoms with Gasteiger partial charge in [0.2, 0.25) is 0 Å². The van der Waals surface area contributed by atoms with Crippen molar-refractivity contribution in [3.8, 4) is 11.3 Å². The normalized spacial score (nSPS) is 14.5. The van der Waals surface area contributed by atoms with Crippen LogP contribution in [0.15, 0.2) is 53.7 Å². The van der Waals surface area contributed by atoms with Crippen LogP contribution in [-0.2, 0) is 19.3 Å². The van der Waals surface area contributed by atoms with Crippen molar-refractivity contribution in [3.05, 3.63) is 65.1 Å². The maximum absolute atomic E-state index is 13.1. The largest absolute Gasteiger partial charge is 0.443 e. The van der Waals surface area contributed by atoms with Gasteiger partial charge in [-0.2, -0.15) is 19.2 Å². The molecule has 0 aliphatic heterocycles. The van der Waals surface area contributed by atoms with Gasteiger partial charge in [0.25, 0.3) is 0 Å². The molecule has 2 amide bonds. The number of amides is 2. The number of aldehydes is 2. The zero-order valence-corrected chi connectivity index (χ0v) is 33.0. The summed E-state index contributed by atoms with van der Waals surface area (Å²) < 4.78 is 38.1. The second-order valence-electron chi connectivity index (χ2n) is 15.3. The molecule has 2 fully saturated rings. The summed E-state index contributed by atoms with van der Waals surface area (Å²) >= 11 is 6.07. The average molecular weight is 793 g/mol. The molecular formula is C37H41ClN8O8S. The van der Waals surface area contributed by atoms with Gasteiger partial charge in [-0.3, -0.25) is 19.4 Å². The van der Waals surface area contributed by atoms with Crippen LogP contribution in [0.3, 0.4) is 0 Å². The summed E-state index contributed by atoms with van der Waals surface area (Å²) in [5, 5.41) is 8.61. The second kappa shape index (κ2) is 14.7. The second-order valence-corrected chi connectivity index (χ2v) is 17.7. The van der Waals surface area contributed by atoms with Gasteiger partial charge in [-0.05, 0) is 79.4 Å². The summed E-state index contributed by atoms with van der Waals surface area (Å²) in [6.07, 6.45) is 7.60. The van der Waals surface area contributed by atoms with Gasteiger partial charge in [0.1, 0.15) is 28.0 Å². The lowest BCUT2D eigenvalue weighted by molar-refractivity contribution is 0.0564. The highest BCUT2D eigenvalue weighted by atomic mass is 35.5. The summed E-state index contributed by atoms with van der Waals surface area (Å²) in [6, 6.07) is 9.57. The van der Waals surface area contributed by atoms with E-state index < -0.39 is 33.2 Å². The summed E-state index contributed by atoms with van der Waals surface area (Å²) in [5.74, 6) is 0.851. The molecular weight excluding hydrogens is 752 g/mol. The zero-order valence-electron chi connectivity index (χ0n) is 31.4. The van der Waals surface area contributed by atoms with E-state index in [0.717, 1.165) is 31.9 Å². The first kappa shape index (κ1) is 39.3. The molecule has 0 saturated heterocycles. The van der Waals surface area contributed by atoms with E-state index in [0.29, 0.717) is 46.7 Å². The van der Waals surface area contributed by atoms with Crippen LogP contribution >= 0.6 is 11.6 Å². The van der Waals surface area contributed by atoms with E-state index in [1.807, 2.05) is 20.8 Å². The molecule has 18 heteroatoms. The molecule has 0 unspecified atom stereocenters. The Morgan fingerprint density at radius 3 is 1.69 bits per heavy atom. The maximum atomic E-state index is 13.1. The first-order valence-electron chi connectivity index (χ1n) is 17.5. The quantitative estimate of drug-likeness (QED) is 0.121. The van der Waals surface area contributed by atoms with Crippen LogP contribution in [-0.4, -0.2) is 91.9 Å². The molecule has 0 spiro atoms. The van der Waals surface area contributed by atoms with Gasteiger partial charge < -0.3 is 9.47 Å². The fourth-order valence-corrected chi connectivity index (χ4v) is 6.43. The molecule has 1 aromatic carbocycles. The third-order valence-electron chi connectivity index (χ3n) is 8.24. The van der Waals surface area contributed by atoms with Crippen LogP contribution < -0.4 is 9.80 Å². The Labute approximate surface area is 322 Å². The van der Waals surface area contributed by atoms with Gasteiger partial charge in [-0.1, -0.05) is 23.7 Å². The van der Waals surface area contributed by atoms with Gasteiger partial charge in [0, 0.05) is 36.0 Å². The number of nitrogens with zero attached hydrogens (tertiary/aromatic N) is 8. The minimum absolute atomic E-state index is 0.0374. The number of anilines is 2. The number of carbonyl (C=O) groups excluding carboxylic acids is 4. The molecule has 4 heterocycles. The molecule has 2 aliphatic carbocycles. The van der Waals surface area contributed by atoms with Crippen molar-refractivity contribution in [2.24, 2.45) is 0 Å². The molecule has 5 aromatic rings. The SMILES string of the molecule is CC(C)(C)OC(=O)N(c1cc(-c2cccc(S(C)(=O)=O)c2)nc2c(C=O)cnn12)C1CC1.CC(C)(C)OC(=O)N(c1cc(Cl)nc2c(C=O)cnn12)C1CC1. The van der Waals surface area contributed by atoms with E-state index in [1.54, 1.807) is 45.0 Å². The number of hydrogen-bond donors (Lipinski definition) is 0. The molecule has 4 aromatic heterocycles. The van der Waals surface area contributed by atoms with Crippen molar-refractivity contribution in [1.29, 1.82) is 0 Å². The number of halogens is 1. The number of fused-ring (bicyclic) bond motifs is 2. The van der Waals surface area contributed by atoms with E-state index in [1.165, 1.54) is 43.4 Å². The summed E-state index contributed by atoms with van der Waals surface area (Å²) in [7, 11) is -3.43. The van der Waals surface area contributed by atoms with Crippen LogP contribution in [0.4, 0.5) is 21.2 Å². The third kappa shape index (κ3) is 8.94. The minimum Gasteiger partial charge on any atom is -0.443 e. The van der Waals surface area contributed by atoms with Gasteiger partial charge in [-0.15, -0.1) is 0 Å². The lowest BCUT2D eigenvalue weighted by atomic mass is 10.1. The van der Waals surface area contributed by atoms with Gasteiger partial charge in [0.15, 0.2) is 33.7 Å². The molecule has 2 saturated carbocycles. The fourth-order valence-electron chi connectivity index (χ4n) is 5.59. The Bertz CT molecular complexity index is 2420. The number of ether oxygens (including phenoxy) is 2. The lowest BCUT2D eigenvalue weighted by Gasteiger charge is -2.27. The van der Waals surface area contributed by atoms with E-state index >= 15 is 0 Å². The highest BCUT2D eigenvalue weighted by Crippen LogP contribution is 2.36. The Balaban J connectivity index is 0.000000197. The average Bonchev–Trinajstić information content (AvgIpc) is 4.02. The van der Waals surface area contributed by atoms with Crippen LogP contribution in [0, 0.1) is 0 Å². The van der Waals surface area contributed by atoms with Crippen LogP contribution in [0.2, 0.25) is 5.15 Å². The highest BCUT2D eigenvalue weighted by Gasteiger charge is 2.40. The van der Waals surface area contributed by atoms with Crippen molar-refractivity contribution < 1.29 is 37.1 Å². The minimum atomic E-state index is -3.43. The van der Waals surface area contributed by atoms with E-state index in [2.05, 4.69) is 20.2 Å². The van der Waals surface area contributed by atoms with Crippen molar-refractivity contribution >= 4 is 69.1 Å². The topological polar surface area (TPSA) is 188 Å². The zero-order chi connectivity index (χ0) is 40.0. The highest BCUT2D eigenvalue weighted by molar-refractivity contribution is 7.90. The molecule has 0 N–H and O–H groups in total. The van der Waals surface area contributed by atoms with Crippen LogP contribution in [0.5, 0.6) is 0 Å². The van der Waals surface area contributed by atoms with Gasteiger partial charge in [0.05, 0.1) is 34.1 Å². The third-order valence-corrected chi connectivity index (χ3v) is 9.54. The summed E-state index contributed by atoms with van der Waals surface area (Å²) in [5.41, 5.74) is 0.800. The summed E-state index contributed by atoms with van der Waals surface area (Å²) in [4.78, 5) is 60.3. The van der Waals surface area contributed by atoms with Crippen molar-refractivity contribution in [3.63, 3.8) is 0 Å². The van der Waals surface area contributed by atoms with Crippen LogP contribution in [0.1, 0.15) is 87.9 Å². The van der Waals surface area contributed by atoms with E-state index in [4.69, 9.17) is 21.1 Å². The monoisotopic (exact) mass is 792 g/mol. The molecule has 0 radical (unpaired) electrons. The van der Waals surface area contributed by atoms with Crippen molar-refractivity contribution in [2.45, 2.75) is 95.4 Å². The molecule has 290 valence electrons. The smallest absolute Gasteiger partial charge is 0.416 e. The van der Waals surface area contributed by atoms with Crippen molar-refractivity contribution in [2.75, 3.05) is 16.1 Å². The first-order valence-corrected chi connectivity index (χ1v) is 19.7. The van der Waals surface area contributed by atoms with Gasteiger partial charge in [-0.25, -0.2) is 28.0 Å². The molecule has 0 bridgehead atoms. The first-order chi connectivity index (χ1) is 25.8. The van der Waals surface area contributed by atoms with Gasteiger partial charge >= 0.3 is 12.2 Å². The van der Waals surface area contributed by atoms with Crippen LogP contribution in [0.25, 0.3) is 22.6 Å². The van der Waals surface area contributed by atoms with Crippen molar-refractivity contribution in [1.82, 2.24) is 29.2 Å². The number of benzene rings is 1. The number of hydrogen-bond acceptors (Lipinski definition) is 12. The lowest BCUT2D eigenvalue weighted by Crippen LogP contribution is -2.39. The van der Waals surface area contributed by atoms with E-state index in [9.17, 15) is 27.6 Å². The fraction of sp³-hybridized carbons (Fsp3) is 0.405. The van der Waals surface area contributed by atoms with E-state index in [-0.39, 0.29) is 33.3 Å². The number of sulfone groups is 1.